The number of halogens is 1. The summed E-state index contributed by atoms with van der Waals surface area (Å²) in [7, 11) is 1.75. The zero-order valence-corrected chi connectivity index (χ0v) is 12.4. The van der Waals surface area contributed by atoms with Gasteiger partial charge in [0, 0.05) is 24.8 Å². The fourth-order valence-electron chi connectivity index (χ4n) is 2.77. The number of carbonyl (C=O) groups is 1. The fourth-order valence-corrected chi connectivity index (χ4v) is 2.77. The Morgan fingerprint density at radius 1 is 1.36 bits per heavy atom. The molecule has 7 heteroatoms. The van der Waals surface area contributed by atoms with E-state index in [1.165, 1.54) is 12.1 Å². The van der Waals surface area contributed by atoms with E-state index in [1.54, 1.807) is 29.6 Å². The van der Waals surface area contributed by atoms with Crippen molar-refractivity contribution in [3.05, 3.63) is 51.2 Å². The zero-order chi connectivity index (χ0) is 15.9. The third kappa shape index (κ3) is 2.61. The monoisotopic (exact) mass is 304 g/mol. The van der Waals surface area contributed by atoms with Gasteiger partial charge in [-0.25, -0.2) is 9.18 Å². The van der Waals surface area contributed by atoms with Crippen LogP contribution < -0.4 is 10.9 Å². The number of nitrogens with one attached hydrogen (secondary N) is 2. The van der Waals surface area contributed by atoms with Crippen molar-refractivity contribution in [3.8, 4) is 0 Å². The summed E-state index contributed by atoms with van der Waals surface area (Å²) in [5.74, 6) is -0.385. The summed E-state index contributed by atoms with van der Waals surface area (Å²) in [6.45, 7) is 2.58. The molecule has 2 N–H and O–H groups in total. The van der Waals surface area contributed by atoms with E-state index in [0.717, 1.165) is 16.8 Å². The SMILES string of the molecule is Cc1cc(F)cc(NC(=O)N2CCc3c(n(C)[nH]c3=O)C2)c1. The fraction of sp³-hybridized carbons (Fsp3) is 0.333. The summed E-state index contributed by atoms with van der Waals surface area (Å²) in [5, 5.41) is 5.39. The number of fused-ring (bicyclic) bond motifs is 1. The van der Waals surface area contributed by atoms with Gasteiger partial charge in [0.25, 0.3) is 5.56 Å². The molecule has 3 rings (SSSR count). The summed E-state index contributed by atoms with van der Waals surface area (Å²) in [4.78, 5) is 25.6. The lowest BCUT2D eigenvalue weighted by molar-refractivity contribution is 0.204. The Balaban J connectivity index is 1.76. The van der Waals surface area contributed by atoms with E-state index in [-0.39, 0.29) is 17.4 Å². The van der Waals surface area contributed by atoms with Crippen LogP contribution in [0.15, 0.2) is 23.0 Å². The maximum Gasteiger partial charge on any atom is 0.322 e. The molecule has 2 aromatic rings. The summed E-state index contributed by atoms with van der Waals surface area (Å²) in [6.07, 6.45) is 0.515. The molecule has 0 atom stereocenters. The number of aryl methyl sites for hydroxylation is 2. The van der Waals surface area contributed by atoms with Crippen LogP contribution in [0.1, 0.15) is 16.8 Å². The van der Waals surface area contributed by atoms with Crippen LogP contribution in [0.25, 0.3) is 0 Å². The normalized spacial score (nSPS) is 13.9. The van der Waals surface area contributed by atoms with Gasteiger partial charge in [-0.3, -0.25) is 14.6 Å². The third-order valence-corrected chi connectivity index (χ3v) is 3.85. The van der Waals surface area contributed by atoms with Crippen LogP contribution in [0.2, 0.25) is 0 Å². The number of rotatable bonds is 1. The van der Waals surface area contributed by atoms with Gasteiger partial charge in [0.15, 0.2) is 0 Å². The molecule has 0 radical (unpaired) electrons. The standard InChI is InChI=1S/C15H17FN4O2/c1-9-5-10(16)7-11(6-9)17-15(22)20-4-3-12-13(8-20)19(2)18-14(12)21/h5-7H,3-4,8H2,1-2H3,(H,17,22)(H,18,21). The van der Waals surface area contributed by atoms with Crippen molar-refractivity contribution in [2.75, 3.05) is 11.9 Å². The van der Waals surface area contributed by atoms with Gasteiger partial charge in [0.1, 0.15) is 5.82 Å². The van der Waals surface area contributed by atoms with Gasteiger partial charge in [-0.1, -0.05) is 0 Å². The van der Waals surface area contributed by atoms with E-state index < -0.39 is 0 Å². The lowest BCUT2D eigenvalue weighted by Crippen LogP contribution is -2.40. The molecule has 1 aliphatic rings. The molecule has 0 aliphatic carbocycles. The van der Waals surface area contributed by atoms with Crippen molar-refractivity contribution in [2.45, 2.75) is 19.9 Å². The molecule has 0 saturated carbocycles. The molecule has 2 heterocycles. The third-order valence-electron chi connectivity index (χ3n) is 3.85. The zero-order valence-electron chi connectivity index (χ0n) is 12.4. The van der Waals surface area contributed by atoms with Gasteiger partial charge in [-0.15, -0.1) is 0 Å². The molecule has 1 aliphatic heterocycles. The Hall–Kier alpha value is -2.57. The van der Waals surface area contributed by atoms with Crippen LogP contribution in [-0.4, -0.2) is 27.3 Å². The van der Waals surface area contributed by atoms with E-state index in [2.05, 4.69) is 10.4 Å². The minimum Gasteiger partial charge on any atom is -0.318 e. The average Bonchev–Trinajstić information content (AvgIpc) is 2.72. The van der Waals surface area contributed by atoms with E-state index in [4.69, 9.17) is 0 Å². The number of anilines is 1. The predicted octanol–water partition coefficient (Wildman–Crippen LogP) is 1.75. The highest BCUT2D eigenvalue weighted by atomic mass is 19.1. The van der Waals surface area contributed by atoms with Crippen LogP contribution in [0.4, 0.5) is 14.9 Å². The highest BCUT2D eigenvalue weighted by molar-refractivity contribution is 5.89. The number of aromatic amines is 1. The number of H-pyrrole nitrogens is 1. The van der Waals surface area contributed by atoms with Gasteiger partial charge in [-0.2, -0.15) is 0 Å². The molecule has 0 unspecified atom stereocenters. The van der Waals surface area contributed by atoms with Crippen molar-refractivity contribution in [2.24, 2.45) is 7.05 Å². The molecule has 2 amide bonds. The number of carbonyl (C=O) groups excluding carboxylic acids is 1. The van der Waals surface area contributed by atoms with Crippen molar-refractivity contribution in [3.63, 3.8) is 0 Å². The first-order valence-electron chi connectivity index (χ1n) is 7.04. The van der Waals surface area contributed by atoms with Crippen molar-refractivity contribution >= 4 is 11.7 Å². The maximum atomic E-state index is 13.4. The van der Waals surface area contributed by atoms with Gasteiger partial charge in [0.05, 0.1) is 12.2 Å². The maximum absolute atomic E-state index is 13.4. The summed E-state index contributed by atoms with van der Waals surface area (Å²) in [6, 6.07) is 4.09. The number of hydrogen-bond donors (Lipinski definition) is 2. The predicted molar refractivity (Wildman–Crippen MR) is 80.3 cm³/mol. The number of benzene rings is 1. The van der Waals surface area contributed by atoms with Crippen LogP contribution in [0.5, 0.6) is 0 Å². The number of aromatic nitrogens is 2. The highest BCUT2D eigenvalue weighted by Gasteiger charge is 2.25. The van der Waals surface area contributed by atoms with Crippen LogP contribution in [-0.2, 0) is 20.0 Å². The Labute approximate surface area is 126 Å². The van der Waals surface area contributed by atoms with Crippen molar-refractivity contribution in [1.29, 1.82) is 0 Å². The number of nitrogens with zero attached hydrogens (tertiary/aromatic N) is 2. The summed E-state index contributed by atoms with van der Waals surface area (Å²) in [5.41, 5.74) is 2.61. The highest BCUT2D eigenvalue weighted by Crippen LogP contribution is 2.18. The quantitative estimate of drug-likeness (QED) is 0.842. The Morgan fingerprint density at radius 3 is 2.86 bits per heavy atom. The lowest BCUT2D eigenvalue weighted by Gasteiger charge is -2.27. The van der Waals surface area contributed by atoms with Gasteiger partial charge < -0.3 is 10.2 Å². The second kappa shape index (κ2) is 5.32. The first-order valence-corrected chi connectivity index (χ1v) is 7.04. The molecule has 116 valence electrons. The molecule has 0 saturated heterocycles. The van der Waals surface area contributed by atoms with Crippen LogP contribution >= 0.6 is 0 Å². The van der Waals surface area contributed by atoms with Crippen molar-refractivity contribution in [1.82, 2.24) is 14.7 Å². The average molecular weight is 304 g/mol. The summed E-state index contributed by atoms with van der Waals surface area (Å²) >= 11 is 0. The molecule has 0 fully saturated rings. The van der Waals surface area contributed by atoms with E-state index in [9.17, 15) is 14.0 Å². The van der Waals surface area contributed by atoms with Gasteiger partial charge >= 0.3 is 6.03 Å². The topological polar surface area (TPSA) is 70.1 Å². The summed E-state index contributed by atoms with van der Waals surface area (Å²) < 4.78 is 15.0. The smallest absolute Gasteiger partial charge is 0.318 e. The lowest BCUT2D eigenvalue weighted by atomic mass is 10.1. The van der Waals surface area contributed by atoms with Gasteiger partial charge in [0.2, 0.25) is 0 Å². The van der Waals surface area contributed by atoms with Gasteiger partial charge in [-0.05, 0) is 37.1 Å². The number of urea groups is 1. The second-order valence-electron chi connectivity index (χ2n) is 5.54. The number of hydrogen-bond acceptors (Lipinski definition) is 2. The minimum atomic E-state index is -0.385. The Bertz CT molecular complexity index is 773. The molecule has 22 heavy (non-hydrogen) atoms. The van der Waals surface area contributed by atoms with E-state index in [0.29, 0.717) is 25.2 Å². The van der Waals surface area contributed by atoms with E-state index in [1.807, 2.05) is 0 Å². The molecule has 1 aromatic heterocycles. The Kier molecular flexibility index (Phi) is 3.48. The van der Waals surface area contributed by atoms with Crippen LogP contribution in [0.3, 0.4) is 0 Å². The van der Waals surface area contributed by atoms with E-state index >= 15 is 0 Å². The first kappa shape index (κ1) is 14.4. The van der Waals surface area contributed by atoms with Crippen molar-refractivity contribution < 1.29 is 9.18 Å². The molecular formula is C15H17FN4O2. The molecule has 0 spiro atoms. The molecule has 6 nitrogen and oxygen atoms in total. The van der Waals surface area contributed by atoms with Crippen LogP contribution in [0, 0.1) is 12.7 Å². The first-order chi connectivity index (χ1) is 10.4. The minimum absolute atomic E-state index is 0.0988. The Morgan fingerprint density at radius 2 is 2.14 bits per heavy atom. The molecule has 1 aromatic carbocycles. The molecule has 0 bridgehead atoms. The molecular weight excluding hydrogens is 287 g/mol. The second-order valence-corrected chi connectivity index (χ2v) is 5.54. The number of amides is 2. The largest absolute Gasteiger partial charge is 0.322 e.